The zero-order chi connectivity index (χ0) is 13.3. The van der Waals surface area contributed by atoms with E-state index in [-0.39, 0.29) is 0 Å². The lowest BCUT2D eigenvalue weighted by atomic mass is 10.0. The molecule has 0 aliphatic heterocycles. The second-order valence-electron chi connectivity index (χ2n) is 2.84. The summed E-state index contributed by atoms with van der Waals surface area (Å²) in [6.45, 7) is -1.48. The van der Waals surface area contributed by atoms with Crippen molar-refractivity contribution in [2.45, 2.75) is 6.61 Å². The van der Waals surface area contributed by atoms with Gasteiger partial charge >= 0.3 is 6.08 Å². The van der Waals surface area contributed by atoms with Gasteiger partial charge in [-0.15, -0.1) is 0 Å². The number of hydrogen-bond acceptors (Lipinski definition) is 1. The van der Waals surface area contributed by atoms with Crippen LogP contribution in [0.1, 0.15) is 11.1 Å². The number of aliphatic hydroxyl groups is 1. The Morgan fingerprint density at radius 3 is 1.71 bits per heavy atom. The summed E-state index contributed by atoms with van der Waals surface area (Å²) in [6, 6.07) is 0. The molecule has 94 valence electrons. The lowest BCUT2D eigenvalue weighted by Gasteiger charge is -2.09. The van der Waals surface area contributed by atoms with Crippen LogP contribution in [0, 0.1) is 23.3 Å². The van der Waals surface area contributed by atoms with Crippen LogP contribution in [0.15, 0.2) is 6.08 Å². The number of benzene rings is 1. The van der Waals surface area contributed by atoms with E-state index >= 15 is 0 Å². The van der Waals surface area contributed by atoms with Crippen molar-refractivity contribution in [2.24, 2.45) is 0 Å². The highest BCUT2D eigenvalue weighted by Crippen LogP contribution is 2.32. The van der Waals surface area contributed by atoms with E-state index in [0.29, 0.717) is 0 Å². The molecule has 0 heterocycles. The smallest absolute Gasteiger partial charge is 0.306 e. The molecule has 1 nitrogen and oxygen atoms in total. The summed E-state index contributed by atoms with van der Waals surface area (Å²) in [4.78, 5) is 0. The zero-order valence-electron chi connectivity index (χ0n) is 7.80. The molecule has 0 bridgehead atoms. The average Bonchev–Trinajstić information content (AvgIpc) is 2.29. The fourth-order valence-electron chi connectivity index (χ4n) is 1.15. The Hall–Kier alpha value is -1.57. The average molecular weight is 260 g/mol. The standard InChI is InChI=1S/C9H3F7O/c10-4-2(1-17)3(6(12)9(15)16)5(11)8(14)7(4)13/h17H,1H2. The SMILES string of the molecule is OCc1c(F)c(F)c(F)c(F)c1C(F)=C(F)F. The van der Waals surface area contributed by atoms with Crippen LogP contribution in [-0.4, -0.2) is 5.11 Å². The minimum Gasteiger partial charge on any atom is -0.392 e. The third kappa shape index (κ3) is 2.12. The highest BCUT2D eigenvalue weighted by Gasteiger charge is 2.28. The summed E-state index contributed by atoms with van der Waals surface area (Å²) < 4.78 is 87.9. The van der Waals surface area contributed by atoms with Gasteiger partial charge in [-0.1, -0.05) is 0 Å². The van der Waals surface area contributed by atoms with Crippen LogP contribution >= 0.6 is 0 Å². The lowest BCUT2D eigenvalue weighted by Crippen LogP contribution is -2.08. The van der Waals surface area contributed by atoms with Crippen molar-refractivity contribution in [1.29, 1.82) is 0 Å². The molecule has 0 saturated heterocycles. The van der Waals surface area contributed by atoms with Crippen molar-refractivity contribution in [1.82, 2.24) is 0 Å². The van der Waals surface area contributed by atoms with E-state index in [9.17, 15) is 30.7 Å². The molecule has 0 spiro atoms. The fourth-order valence-corrected chi connectivity index (χ4v) is 1.15. The molecule has 0 atom stereocenters. The van der Waals surface area contributed by atoms with Crippen LogP contribution in [0.25, 0.3) is 5.83 Å². The van der Waals surface area contributed by atoms with E-state index in [1.54, 1.807) is 0 Å². The molecular formula is C9H3F7O. The molecule has 0 saturated carbocycles. The van der Waals surface area contributed by atoms with Gasteiger partial charge in [-0.25, -0.2) is 22.0 Å². The van der Waals surface area contributed by atoms with Gasteiger partial charge in [0, 0.05) is 5.56 Å². The third-order valence-corrected chi connectivity index (χ3v) is 1.91. The first kappa shape index (κ1) is 13.5. The predicted octanol–water partition coefficient (Wildman–Crippen LogP) is 3.27. The molecule has 8 heteroatoms. The van der Waals surface area contributed by atoms with Crippen LogP contribution in [-0.2, 0) is 6.61 Å². The van der Waals surface area contributed by atoms with E-state index < -0.39 is 52.9 Å². The summed E-state index contributed by atoms with van der Waals surface area (Å²) in [5.74, 6) is -11.8. The third-order valence-electron chi connectivity index (χ3n) is 1.91. The van der Waals surface area contributed by atoms with Gasteiger partial charge in [0.25, 0.3) is 0 Å². The molecule has 0 unspecified atom stereocenters. The number of aliphatic hydroxyl groups excluding tert-OH is 1. The molecule has 0 aliphatic carbocycles. The molecule has 0 fully saturated rings. The molecule has 1 aromatic carbocycles. The van der Waals surface area contributed by atoms with Gasteiger partial charge in [0.2, 0.25) is 0 Å². The van der Waals surface area contributed by atoms with Crippen LogP contribution < -0.4 is 0 Å². The van der Waals surface area contributed by atoms with E-state index in [1.807, 2.05) is 0 Å². The molecular weight excluding hydrogens is 257 g/mol. The van der Waals surface area contributed by atoms with Crippen molar-refractivity contribution in [3.63, 3.8) is 0 Å². The Bertz CT molecular complexity index is 491. The molecule has 1 aromatic rings. The van der Waals surface area contributed by atoms with Gasteiger partial charge in [-0.2, -0.15) is 8.78 Å². The second-order valence-corrected chi connectivity index (χ2v) is 2.84. The first-order valence-corrected chi connectivity index (χ1v) is 3.99. The lowest BCUT2D eigenvalue weighted by molar-refractivity contribution is 0.268. The van der Waals surface area contributed by atoms with Crippen LogP contribution in [0.5, 0.6) is 0 Å². The van der Waals surface area contributed by atoms with E-state index in [4.69, 9.17) is 5.11 Å². The first-order chi connectivity index (χ1) is 7.82. The van der Waals surface area contributed by atoms with Gasteiger partial charge in [0.05, 0.1) is 12.2 Å². The van der Waals surface area contributed by atoms with E-state index in [2.05, 4.69) is 0 Å². The number of halogens is 7. The maximum Gasteiger partial charge on any atom is 0.306 e. The van der Waals surface area contributed by atoms with Crippen LogP contribution in [0.4, 0.5) is 30.7 Å². The summed E-state index contributed by atoms with van der Waals surface area (Å²) in [5, 5.41) is 8.54. The molecule has 17 heavy (non-hydrogen) atoms. The number of rotatable bonds is 2. The topological polar surface area (TPSA) is 20.2 Å². The van der Waals surface area contributed by atoms with Gasteiger partial charge < -0.3 is 5.11 Å². The van der Waals surface area contributed by atoms with Gasteiger partial charge in [0.15, 0.2) is 29.1 Å². The summed E-state index contributed by atoms with van der Waals surface area (Å²) in [5.41, 5.74) is -3.25. The fraction of sp³-hybridized carbons (Fsp3) is 0.111. The molecule has 0 amide bonds. The quantitative estimate of drug-likeness (QED) is 0.491. The van der Waals surface area contributed by atoms with Gasteiger partial charge in [-0.05, 0) is 0 Å². The van der Waals surface area contributed by atoms with Crippen LogP contribution in [0.3, 0.4) is 0 Å². The minimum absolute atomic E-state index is 1.42. The highest BCUT2D eigenvalue weighted by molar-refractivity contribution is 5.64. The molecule has 1 rings (SSSR count). The minimum atomic E-state index is -3.05. The highest BCUT2D eigenvalue weighted by atomic mass is 19.3. The Labute approximate surface area is 89.8 Å². The summed E-state index contributed by atoms with van der Waals surface area (Å²) in [7, 11) is 0. The Kier molecular flexibility index (Phi) is 3.76. The molecule has 0 aliphatic rings. The van der Waals surface area contributed by atoms with Crippen molar-refractivity contribution in [3.05, 3.63) is 40.5 Å². The zero-order valence-corrected chi connectivity index (χ0v) is 7.80. The second kappa shape index (κ2) is 4.74. The van der Waals surface area contributed by atoms with Crippen LogP contribution in [0.2, 0.25) is 0 Å². The number of hydrogen-bond donors (Lipinski definition) is 1. The summed E-state index contributed by atoms with van der Waals surface area (Å²) >= 11 is 0. The maximum absolute atomic E-state index is 13.0. The largest absolute Gasteiger partial charge is 0.392 e. The predicted molar refractivity (Wildman–Crippen MR) is 42.4 cm³/mol. The van der Waals surface area contributed by atoms with E-state index in [0.717, 1.165) is 0 Å². The monoisotopic (exact) mass is 260 g/mol. The Balaban J connectivity index is 3.77. The van der Waals surface area contributed by atoms with Crippen molar-refractivity contribution in [2.75, 3.05) is 0 Å². The molecule has 0 radical (unpaired) electrons. The van der Waals surface area contributed by atoms with Gasteiger partial charge in [0.1, 0.15) is 0 Å². The first-order valence-electron chi connectivity index (χ1n) is 3.99. The van der Waals surface area contributed by atoms with Crippen molar-refractivity contribution >= 4 is 5.83 Å². The Morgan fingerprint density at radius 1 is 0.824 bits per heavy atom. The maximum atomic E-state index is 13.0. The molecule has 0 aromatic heterocycles. The molecule has 1 N–H and O–H groups in total. The van der Waals surface area contributed by atoms with Gasteiger partial charge in [-0.3, -0.25) is 0 Å². The van der Waals surface area contributed by atoms with E-state index in [1.165, 1.54) is 0 Å². The summed E-state index contributed by atoms with van der Waals surface area (Å²) in [6.07, 6.45) is -3.05. The Morgan fingerprint density at radius 2 is 1.29 bits per heavy atom. The van der Waals surface area contributed by atoms with Crippen molar-refractivity contribution < 1.29 is 35.8 Å². The van der Waals surface area contributed by atoms with Crippen molar-refractivity contribution in [3.8, 4) is 0 Å². The normalized spacial score (nSPS) is 10.6.